The van der Waals surface area contributed by atoms with Crippen LogP contribution in [-0.4, -0.2) is 26.9 Å². The molecule has 2 aromatic carbocycles. The Morgan fingerprint density at radius 3 is 2.58 bits per heavy atom. The fraction of sp³-hybridized carbons (Fsp3) is 0.0556. The molecule has 3 aromatic rings. The molecule has 6 nitrogen and oxygen atoms in total. The first kappa shape index (κ1) is 15.5. The number of phenolic OH excluding ortho intramolecular Hbond substituents is 1. The molecule has 1 heterocycles. The van der Waals surface area contributed by atoms with Gasteiger partial charge in [-0.2, -0.15) is 10.2 Å². The first-order chi connectivity index (χ1) is 11.6. The summed E-state index contributed by atoms with van der Waals surface area (Å²) >= 11 is 0. The molecule has 0 saturated carbocycles. The van der Waals surface area contributed by atoms with Gasteiger partial charge in [0.1, 0.15) is 11.4 Å². The van der Waals surface area contributed by atoms with Crippen LogP contribution in [0.25, 0.3) is 11.3 Å². The largest absolute Gasteiger partial charge is 0.507 e. The Morgan fingerprint density at radius 1 is 1.12 bits per heavy atom. The van der Waals surface area contributed by atoms with Crippen molar-refractivity contribution < 1.29 is 9.90 Å². The van der Waals surface area contributed by atoms with Gasteiger partial charge in [-0.1, -0.05) is 42.5 Å². The third-order valence-electron chi connectivity index (χ3n) is 3.51. The van der Waals surface area contributed by atoms with Gasteiger partial charge >= 0.3 is 0 Å². The number of amides is 1. The highest BCUT2D eigenvalue weighted by atomic mass is 16.3. The van der Waals surface area contributed by atoms with E-state index in [0.717, 1.165) is 5.56 Å². The molecule has 6 heteroatoms. The third kappa shape index (κ3) is 3.33. The molecule has 0 saturated heterocycles. The molecule has 0 unspecified atom stereocenters. The zero-order chi connectivity index (χ0) is 16.9. The normalized spacial score (nSPS) is 11.3. The molecule has 0 aliphatic heterocycles. The molecule has 0 bridgehead atoms. The summed E-state index contributed by atoms with van der Waals surface area (Å²) in [4.78, 5) is 12.2. The molecule has 0 radical (unpaired) electrons. The first-order valence-corrected chi connectivity index (χ1v) is 7.39. The number of hydrogen-bond acceptors (Lipinski definition) is 4. The minimum atomic E-state index is -0.403. The molecule has 24 heavy (non-hydrogen) atoms. The summed E-state index contributed by atoms with van der Waals surface area (Å²) in [5.74, 6) is -0.291. The van der Waals surface area contributed by atoms with Crippen LogP contribution in [0.2, 0.25) is 0 Å². The van der Waals surface area contributed by atoms with Gasteiger partial charge in [-0.25, -0.2) is 5.43 Å². The number of H-pyrrole nitrogens is 1. The summed E-state index contributed by atoms with van der Waals surface area (Å²) in [5.41, 5.74) is 5.43. The van der Waals surface area contributed by atoms with Crippen LogP contribution in [0.5, 0.6) is 5.75 Å². The van der Waals surface area contributed by atoms with Crippen molar-refractivity contribution in [1.29, 1.82) is 0 Å². The second-order valence-electron chi connectivity index (χ2n) is 5.19. The Kier molecular flexibility index (Phi) is 4.38. The average molecular weight is 320 g/mol. The number of para-hydroxylation sites is 1. The van der Waals surface area contributed by atoms with Crippen molar-refractivity contribution in [1.82, 2.24) is 15.6 Å². The van der Waals surface area contributed by atoms with E-state index < -0.39 is 5.91 Å². The van der Waals surface area contributed by atoms with Crippen LogP contribution in [0.4, 0.5) is 0 Å². The monoisotopic (exact) mass is 320 g/mol. The number of aromatic nitrogens is 2. The van der Waals surface area contributed by atoms with Gasteiger partial charge in [0.25, 0.3) is 5.91 Å². The van der Waals surface area contributed by atoms with Gasteiger partial charge < -0.3 is 5.11 Å². The lowest BCUT2D eigenvalue weighted by Crippen LogP contribution is -2.19. The SMILES string of the molecule is C/C(=N/NC(=O)c1cc(-c2ccccc2)n[nH]1)c1ccccc1O. The average Bonchev–Trinajstić information content (AvgIpc) is 3.11. The van der Waals surface area contributed by atoms with E-state index in [0.29, 0.717) is 22.7 Å². The van der Waals surface area contributed by atoms with Crippen LogP contribution in [0.15, 0.2) is 65.8 Å². The van der Waals surface area contributed by atoms with Crippen molar-refractivity contribution in [3.63, 3.8) is 0 Å². The van der Waals surface area contributed by atoms with E-state index in [-0.39, 0.29) is 5.75 Å². The molecule has 0 spiro atoms. The molecular formula is C18H16N4O2. The fourth-order valence-electron chi connectivity index (χ4n) is 2.23. The molecule has 3 rings (SSSR count). The van der Waals surface area contributed by atoms with Crippen molar-refractivity contribution in [2.24, 2.45) is 5.10 Å². The van der Waals surface area contributed by atoms with Gasteiger partial charge in [-0.3, -0.25) is 9.89 Å². The maximum atomic E-state index is 12.2. The number of nitrogens with zero attached hydrogens (tertiary/aromatic N) is 2. The molecule has 3 N–H and O–H groups in total. The number of nitrogens with one attached hydrogen (secondary N) is 2. The molecule has 0 atom stereocenters. The fourth-order valence-corrected chi connectivity index (χ4v) is 2.23. The molecule has 0 aliphatic carbocycles. The van der Waals surface area contributed by atoms with E-state index in [9.17, 15) is 9.90 Å². The number of hydrogen-bond donors (Lipinski definition) is 3. The highest BCUT2D eigenvalue weighted by Crippen LogP contribution is 2.17. The number of aromatic amines is 1. The number of aromatic hydroxyl groups is 1. The van der Waals surface area contributed by atoms with Gasteiger partial charge in [0, 0.05) is 11.1 Å². The lowest BCUT2D eigenvalue weighted by atomic mass is 10.1. The van der Waals surface area contributed by atoms with Crippen LogP contribution < -0.4 is 5.43 Å². The van der Waals surface area contributed by atoms with E-state index in [4.69, 9.17) is 0 Å². The van der Waals surface area contributed by atoms with E-state index in [1.807, 2.05) is 30.3 Å². The van der Waals surface area contributed by atoms with Gasteiger partial charge in [0.05, 0.1) is 11.4 Å². The summed E-state index contributed by atoms with van der Waals surface area (Å²) < 4.78 is 0. The van der Waals surface area contributed by atoms with Crippen molar-refractivity contribution in [3.8, 4) is 17.0 Å². The zero-order valence-electron chi connectivity index (χ0n) is 13.0. The lowest BCUT2D eigenvalue weighted by molar-refractivity contribution is 0.0950. The third-order valence-corrected chi connectivity index (χ3v) is 3.51. The summed E-state index contributed by atoms with van der Waals surface area (Å²) in [6.07, 6.45) is 0. The number of rotatable bonds is 4. The number of hydrazone groups is 1. The van der Waals surface area contributed by atoms with Gasteiger partial charge in [-0.15, -0.1) is 0 Å². The Morgan fingerprint density at radius 2 is 1.83 bits per heavy atom. The summed E-state index contributed by atoms with van der Waals surface area (Å²) in [6.45, 7) is 1.71. The zero-order valence-corrected chi connectivity index (χ0v) is 13.0. The minimum Gasteiger partial charge on any atom is -0.507 e. The van der Waals surface area contributed by atoms with Gasteiger partial charge in [0.2, 0.25) is 0 Å². The van der Waals surface area contributed by atoms with Crippen LogP contribution in [0.1, 0.15) is 23.0 Å². The predicted octanol–water partition coefficient (Wildman–Crippen LogP) is 2.94. The maximum Gasteiger partial charge on any atom is 0.289 e. The van der Waals surface area contributed by atoms with E-state index >= 15 is 0 Å². The Hall–Kier alpha value is -3.41. The second-order valence-corrected chi connectivity index (χ2v) is 5.19. The standard InChI is InChI=1S/C18H16N4O2/c1-12(14-9-5-6-10-17(14)23)19-22-18(24)16-11-15(20-21-16)13-7-3-2-4-8-13/h2-11,23H,1H3,(H,20,21)(H,22,24)/b19-12-. The quantitative estimate of drug-likeness (QED) is 0.510. The lowest BCUT2D eigenvalue weighted by Gasteiger charge is -2.03. The Bertz CT molecular complexity index is 885. The topological polar surface area (TPSA) is 90.4 Å². The van der Waals surface area contributed by atoms with Crippen LogP contribution in [-0.2, 0) is 0 Å². The molecule has 1 amide bonds. The van der Waals surface area contributed by atoms with E-state index in [1.54, 1.807) is 37.3 Å². The second kappa shape index (κ2) is 6.78. The number of carbonyl (C=O) groups is 1. The first-order valence-electron chi connectivity index (χ1n) is 7.39. The molecular weight excluding hydrogens is 304 g/mol. The highest BCUT2D eigenvalue weighted by Gasteiger charge is 2.11. The van der Waals surface area contributed by atoms with Gasteiger partial charge in [-0.05, 0) is 25.1 Å². The summed E-state index contributed by atoms with van der Waals surface area (Å²) in [7, 11) is 0. The van der Waals surface area contributed by atoms with Crippen LogP contribution >= 0.6 is 0 Å². The van der Waals surface area contributed by atoms with Crippen molar-refractivity contribution in [2.75, 3.05) is 0 Å². The number of carbonyl (C=O) groups excluding carboxylic acids is 1. The van der Waals surface area contributed by atoms with Crippen molar-refractivity contribution in [2.45, 2.75) is 6.92 Å². The maximum absolute atomic E-state index is 12.2. The van der Waals surface area contributed by atoms with Crippen LogP contribution in [0.3, 0.4) is 0 Å². The number of phenols is 1. The van der Waals surface area contributed by atoms with Crippen LogP contribution in [0, 0.1) is 0 Å². The summed E-state index contributed by atoms with van der Waals surface area (Å²) in [5, 5.41) is 20.6. The smallest absolute Gasteiger partial charge is 0.289 e. The van der Waals surface area contributed by atoms with Gasteiger partial charge in [0.15, 0.2) is 0 Å². The van der Waals surface area contributed by atoms with Crippen molar-refractivity contribution in [3.05, 3.63) is 71.9 Å². The minimum absolute atomic E-state index is 0.112. The molecule has 1 aromatic heterocycles. The predicted molar refractivity (Wildman–Crippen MR) is 91.8 cm³/mol. The Labute approximate surface area is 138 Å². The van der Waals surface area contributed by atoms with E-state index in [2.05, 4.69) is 20.7 Å². The summed E-state index contributed by atoms with van der Waals surface area (Å²) in [6, 6.07) is 18.0. The molecule has 120 valence electrons. The molecule has 0 fully saturated rings. The highest BCUT2D eigenvalue weighted by molar-refractivity contribution is 6.02. The Balaban J connectivity index is 1.73. The molecule has 0 aliphatic rings. The van der Waals surface area contributed by atoms with E-state index in [1.165, 1.54) is 0 Å². The number of benzene rings is 2. The van der Waals surface area contributed by atoms with Crippen molar-refractivity contribution >= 4 is 11.6 Å².